The van der Waals surface area contributed by atoms with Crippen molar-refractivity contribution in [2.24, 2.45) is 0 Å². The van der Waals surface area contributed by atoms with E-state index in [0.717, 1.165) is 6.42 Å². The highest BCUT2D eigenvalue weighted by Crippen LogP contribution is 2.39. The minimum Gasteiger partial charge on any atom is -0.476 e. The number of carbonyl (C=O) groups excluding carboxylic acids is 2. The van der Waals surface area contributed by atoms with Gasteiger partial charge in [0, 0.05) is 38.2 Å². The van der Waals surface area contributed by atoms with E-state index in [1.807, 2.05) is 0 Å². The molecule has 24 heavy (non-hydrogen) atoms. The largest absolute Gasteiger partial charge is 0.476 e. The Kier molecular flexibility index (Phi) is 6.07. The van der Waals surface area contributed by atoms with Crippen molar-refractivity contribution in [3.63, 3.8) is 0 Å². The predicted molar refractivity (Wildman–Crippen MR) is 92.6 cm³/mol. The van der Waals surface area contributed by atoms with Crippen molar-refractivity contribution >= 4 is 29.1 Å². The van der Waals surface area contributed by atoms with Gasteiger partial charge in [-0.1, -0.05) is 11.6 Å². The molecule has 0 fully saturated rings. The van der Waals surface area contributed by atoms with E-state index in [-0.39, 0.29) is 24.8 Å². The molecule has 6 nitrogen and oxygen atoms in total. The van der Waals surface area contributed by atoms with E-state index in [2.05, 4.69) is 5.32 Å². The molecular weight excluding hydrogens is 332 g/mol. The number of methoxy groups -OCH3 is 1. The van der Waals surface area contributed by atoms with Crippen molar-refractivity contribution in [2.45, 2.75) is 32.3 Å². The lowest BCUT2D eigenvalue weighted by molar-refractivity contribution is -0.132. The number of hydrogen-bond acceptors (Lipinski definition) is 4. The fraction of sp³-hybridized carbons (Fsp3) is 0.529. The van der Waals surface area contributed by atoms with Crippen molar-refractivity contribution in [3.8, 4) is 5.75 Å². The second-order valence-electron chi connectivity index (χ2n) is 6.13. The third-order valence-corrected chi connectivity index (χ3v) is 3.98. The first kappa shape index (κ1) is 18.5. The van der Waals surface area contributed by atoms with Crippen molar-refractivity contribution < 1.29 is 19.1 Å². The number of ether oxygens (including phenoxy) is 2. The number of amides is 2. The van der Waals surface area contributed by atoms with Crippen LogP contribution in [0.5, 0.6) is 5.75 Å². The molecule has 1 heterocycles. The van der Waals surface area contributed by atoms with E-state index in [1.165, 1.54) is 0 Å². The zero-order valence-electron chi connectivity index (χ0n) is 14.2. The van der Waals surface area contributed by atoms with Gasteiger partial charge in [-0.25, -0.2) is 0 Å². The monoisotopic (exact) mass is 354 g/mol. The molecule has 0 bridgehead atoms. The molecule has 0 radical (unpaired) electrons. The van der Waals surface area contributed by atoms with Crippen LogP contribution < -0.4 is 15.0 Å². The van der Waals surface area contributed by atoms with E-state index in [9.17, 15) is 9.59 Å². The first-order valence-electron chi connectivity index (χ1n) is 7.91. The standard InChI is InChI=1S/C17H23ClN2O4/c1-17(2)16(22)20(9-7-15(21)19-8-4-10-23-3)13-11-12(18)5-6-14(13)24-17/h5-6,11H,4,7-10H2,1-3H3,(H,19,21). The Labute approximate surface area is 147 Å². The highest BCUT2D eigenvalue weighted by molar-refractivity contribution is 6.31. The van der Waals surface area contributed by atoms with E-state index in [1.54, 1.807) is 44.1 Å². The minimum absolute atomic E-state index is 0.105. The number of halogens is 1. The van der Waals surface area contributed by atoms with Crippen LogP contribution in [0.15, 0.2) is 18.2 Å². The number of anilines is 1. The zero-order chi connectivity index (χ0) is 17.7. The van der Waals surface area contributed by atoms with Gasteiger partial charge in [-0.2, -0.15) is 0 Å². The van der Waals surface area contributed by atoms with Gasteiger partial charge >= 0.3 is 0 Å². The second-order valence-corrected chi connectivity index (χ2v) is 6.56. The van der Waals surface area contributed by atoms with E-state index in [0.29, 0.717) is 29.6 Å². The third-order valence-electron chi connectivity index (χ3n) is 3.75. The zero-order valence-corrected chi connectivity index (χ0v) is 15.0. The van der Waals surface area contributed by atoms with Gasteiger partial charge < -0.3 is 19.7 Å². The van der Waals surface area contributed by atoms with Crippen LogP contribution in [0.2, 0.25) is 5.02 Å². The summed E-state index contributed by atoms with van der Waals surface area (Å²) in [4.78, 5) is 26.2. The average Bonchev–Trinajstić information content (AvgIpc) is 2.53. The normalized spacial score (nSPS) is 15.7. The first-order chi connectivity index (χ1) is 11.3. The maximum absolute atomic E-state index is 12.6. The Morgan fingerprint density at radius 3 is 2.88 bits per heavy atom. The van der Waals surface area contributed by atoms with Crippen LogP contribution in [-0.2, 0) is 14.3 Å². The minimum atomic E-state index is -0.976. The van der Waals surface area contributed by atoms with Crippen LogP contribution in [0.1, 0.15) is 26.7 Å². The molecule has 1 aromatic carbocycles. The summed E-state index contributed by atoms with van der Waals surface area (Å²) < 4.78 is 10.7. The van der Waals surface area contributed by atoms with E-state index < -0.39 is 5.60 Å². The molecule has 7 heteroatoms. The maximum atomic E-state index is 12.6. The van der Waals surface area contributed by atoms with Crippen molar-refractivity contribution in [3.05, 3.63) is 23.2 Å². The van der Waals surface area contributed by atoms with Gasteiger partial charge in [0.2, 0.25) is 5.91 Å². The molecule has 1 aliphatic rings. The van der Waals surface area contributed by atoms with Crippen molar-refractivity contribution in [1.29, 1.82) is 0 Å². The quantitative estimate of drug-likeness (QED) is 0.763. The Morgan fingerprint density at radius 1 is 1.42 bits per heavy atom. The number of nitrogens with one attached hydrogen (secondary N) is 1. The SMILES string of the molecule is COCCCNC(=O)CCN1C(=O)C(C)(C)Oc2ccc(Cl)cc21. The van der Waals surface area contributed by atoms with Gasteiger partial charge in [0.05, 0.1) is 5.69 Å². The Bertz CT molecular complexity index is 619. The van der Waals surface area contributed by atoms with Crippen LogP contribution >= 0.6 is 11.6 Å². The number of rotatable bonds is 7. The lowest BCUT2D eigenvalue weighted by Gasteiger charge is -2.38. The van der Waals surface area contributed by atoms with Crippen LogP contribution in [0.4, 0.5) is 5.69 Å². The Balaban J connectivity index is 2.04. The number of fused-ring (bicyclic) bond motifs is 1. The molecule has 2 rings (SSSR count). The number of hydrogen-bond donors (Lipinski definition) is 1. The Morgan fingerprint density at radius 2 is 2.17 bits per heavy atom. The van der Waals surface area contributed by atoms with E-state index >= 15 is 0 Å². The van der Waals surface area contributed by atoms with Crippen LogP contribution in [0, 0.1) is 0 Å². The third kappa shape index (κ3) is 4.39. The van der Waals surface area contributed by atoms with Crippen LogP contribution in [-0.4, -0.2) is 44.2 Å². The smallest absolute Gasteiger partial charge is 0.270 e. The molecule has 0 atom stereocenters. The summed E-state index contributed by atoms with van der Waals surface area (Å²) in [6, 6.07) is 5.14. The summed E-state index contributed by atoms with van der Waals surface area (Å²) in [5.41, 5.74) is -0.380. The second kappa shape index (κ2) is 7.85. The lowest BCUT2D eigenvalue weighted by atomic mass is 10.0. The summed E-state index contributed by atoms with van der Waals surface area (Å²) in [6.45, 7) is 4.85. The summed E-state index contributed by atoms with van der Waals surface area (Å²) in [6.07, 6.45) is 0.963. The summed E-state index contributed by atoms with van der Waals surface area (Å²) in [7, 11) is 1.62. The molecule has 0 spiro atoms. The molecule has 1 aliphatic heterocycles. The molecule has 0 saturated carbocycles. The molecular formula is C17H23ClN2O4. The van der Waals surface area contributed by atoms with E-state index in [4.69, 9.17) is 21.1 Å². The number of nitrogens with zero attached hydrogens (tertiary/aromatic N) is 1. The fourth-order valence-corrected chi connectivity index (χ4v) is 2.68. The van der Waals surface area contributed by atoms with Crippen LogP contribution in [0.3, 0.4) is 0 Å². The molecule has 1 N–H and O–H groups in total. The van der Waals surface area contributed by atoms with Crippen molar-refractivity contribution in [1.82, 2.24) is 5.32 Å². The van der Waals surface area contributed by atoms with Gasteiger partial charge in [0.25, 0.3) is 5.91 Å². The van der Waals surface area contributed by atoms with Gasteiger partial charge in [-0.15, -0.1) is 0 Å². The van der Waals surface area contributed by atoms with Crippen LogP contribution in [0.25, 0.3) is 0 Å². The van der Waals surface area contributed by atoms with Gasteiger partial charge in [-0.05, 0) is 38.5 Å². The molecule has 2 amide bonds. The van der Waals surface area contributed by atoms with Gasteiger partial charge in [-0.3, -0.25) is 9.59 Å². The molecule has 0 aliphatic carbocycles. The van der Waals surface area contributed by atoms with Crippen molar-refractivity contribution in [2.75, 3.05) is 31.7 Å². The molecule has 0 unspecified atom stereocenters. The number of carbonyl (C=O) groups is 2. The summed E-state index contributed by atoms with van der Waals surface area (Å²) >= 11 is 6.04. The highest BCUT2D eigenvalue weighted by atomic mass is 35.5. The summed E-state index contributed by atoms with van der Waals surface area (Å²) in [5.74, 6) is 0.292. The average molecular weight is 355 g/mol. The number of benzene rings is 1. The molecule has 0 saturated heterocycles. The van der Waals surface area contributed by atoms with Gasteiger partial charge in [0.1, 0.15) is 5.75 Å². The highest BCUT2D eigenvalue weighted by Gasteiger charge is 2.40. The lowest BCUT2D eigenvalue weighted by Crippen LogP contribution is -2.53. The summed E-state index contributed by atoms with van der Waals surface area (Å²) in [5, 5.41) is 3.33. The first-order valence-corrected chi connectivity index (χ1v) is 8.29. The maximum Gasteiger partial charge on any atom is 0.270 e. The topological polar surface area (TPSA) is 67.9 Å². The molecule has 0 aromatic heterocycles. The molecule has 1 aromatic rings. The Hall–Kier alpha value is -1.79. The van der Waals surface area contributed by atoms with Gasteiger partial charge in [0.15, 0.2) is 5.60 Å². The fourth-order valence-electron chi connectivity index (χ4n) is 2.51. The predicted octanol–water partition coefficient (Wildman–Crippen LogP) is 2.39. The molecule has 132 valence electrons.